The Morgan fingerprint density at radius 2 is 2.00 bits per heavy atom. The van der Waals surface area contributed by atoms with Crippen LogP contribution in [0.25, 0.3) is 0 Å². The standard InChI is InChI=1S/C21H26N8O3/c1-12(10-30)26-20(31)18(22)17(9-23-2)29-21(32)19-16(27-14-7-24-11-25-8-14)6-5-15(28-19)13-3-4-13/h5-9,11-13,17,22,27,30H,3-4,10H2,1-2H3,(H,26,31)(H,29,32). The number of aliphatic imine (C=N–C) groups is 1. The number of hydrogen-bond donors (Lipinski definition) is 5. The SMILES string of the molecule is CN=CC(NC(=O)c1nc(C2CC2)ccc1Nc1cncnc1)C(=N)C(=O)NC(C)CO. The molecule has 5 N–H and O–H groups in total. The molecule has 2 aromatic heterocycles. The van der Waals surface area contributed by atoms with E-state index in [0.29, 0.717) is 17.3 Å². The lowest BCUT2D eigenvalue weighted by Crippen LogP contribution is -2.50. The van der Waals surface area contributed by atoms with Crippen LogP contribution in [-0.2, 0) is 4.79 Å². The van der Waals surface area contributed by atoms with Crippen LogP contribution in [-0.4, -0.2) is 69.5 Å². The highest BCUT2D eigenvalue weighted by Crippen LogP contribution is 2.39. The van der Waals surface area contributed by atoms with Gasteiger partial charge in [0.1, 0.15) is 18.1 Å². The van der Waals surface area contributed by atoms with Gasteiger partial charge in [-0.2, -0.15) is 0 Å². The summed E-state index contributed by atoms with van der Waals surface area (Å²) in [4.78, 5) is 41.8. The lowest BCUT2D eigenvalue weighted by Gasteiger charge is -2.18. The molecule has 0 aromatic carbocycles. The molecule has 0 aliphatic heterocycles. The Morgan fingerprint density at radius 1 is 1.28 bits per heavy atom. The van der Waals surface area contributed by atoms with Crippen LogP contribution >= 0.6 is 0 Å². The van der Waals surface area contributed by atoms with Gasteiger partial charge in [-0.15, -0.1) is 0 Å². The van der Waals surface area contributed by atoms with Crippen molar-refractivity contribution in [2.45, 2.75) is 37.8 Å². The van der Waals surface area contributed by atoms with Crippen LogP contribution in [0.2, 0.25) is 0 Å². The quantitative estimate of drug-likeness (QED) is 0.342. The van der Waals surface area contributed by atoms with Crippen LogP contribution in [0, 0.1) is 5.41 Å². The number of nitrogens with one attached hydrogen (secondary N) is 4. The highest BCUT2D eigenvalue weighted by Gasteiger charge is 2.28. The fraction of sp³-hybridized carbons (Fsp3) is 0.381. The molecule has 1 saturated carbocycles. The van der Waals surface area contributed by atoms with Crippen LogP contribution in [0.4, 0.5) is 11.4 Å². The predicted octanol–water partition coefficient (Wildman–Crippen LogP) is 0.808. The Balaban J connectivity index is 1.84. The number of aliphatic hydroxyl groups excluding tert-OH is 1. The summed E-state index contributed by atoms with van der Waals surface area (Å²) in [6, 6.07) is 2.04. The zero-order valence-electron chi connectivity index (χ0n) is 17.9. The lowest BCUT2D eigenvalue weighted by atomic mass is 10.1. The first-order valence-corrected chi connectivity index (χ1v) is 10.2. The molecule has 3 rings (SSSR count). The molecule has 2 atom stereocenters. The number of rotatable bonds is 10. The molecule has 0 bridgehead atoms. The molecule has 2 heterocycles. The summed E-state index contributed by atoms with van der Waals surface area (Å²) in [6.45, 7) is 1.33. The van der Waals surface area contributed by atoms with Crippen molar-refractivity contribution in [1.29, 1.82) is 5.41 Å². The van der Waals surface area contributed by atoms with E-state index in [-0.39, 0.29) is 12.3 Å². The van der Waals surface area contributed by atoms with E-state index in [0.717, 1.165) is 18.5 Å². The number of carbonyl (C=O) groups is 2. The smallest absolute Gasteiger partial charge is 0.272 e. The topological polar surface area (TPSA) is 165 Å². The van der Waals surface area contributed by atoms with Crippen LogP contribution in [0.5, 0.6) is 0 Å². The highest BCUT2D eigenvalue weighted by atomic mass is 16.3. The van der Waals surface area contributed by atoms with Gasteiger partial charge in [0.05, 0.1) is 30.4 Å². The molecule has 0 saturated heterocycles. The van der Waals surface area contributed by atoms with E-state index < -0.39 is 29.6 Å². The molecule has 2 aromatic rings. The number of amides is 2. The first-order valence-electron chi connectivity index (χ1n) is 10.2. The van der Waals surface area contributed by atoms with Gasteiger partial charge < -0.3 is 21.1 Å². The van der Waals surface area contributed by atoms with Gasteiger partial charge >= 0.3 is 0 Å². The maximum atomic E-state index is 13.2. The first-order chi connectivity index (χ1) is 15.4. The predicted molar refractivity (Wildman–Crippen MR) is 120 cm³/mol. The Morgan fingerprint density at radius 3 is 2.62 bits per heavy atom. The zero-order chi connectivity index (χ0) is 23.1. The molecule has 0 radical (unpaired) electrons. The molecule has 32 heavy (non-hydrogen) atoms. The summed E-state index contributed by atoms with van der Waals surface area (Å²) < 4.78 is 0. The second-order valence-corrected chi connectivity index (χ2v) is 7.49. The average molecular weight is 438 g/mol. The third-order valence-corrected chi connectivity index (χ3v) is 4.76. The monoisotopic (exact) mass is 438 g/mol. The van der Waals surface area contributed by atoms with Crippen molar-refractivity contribution in [3.05, 3.63) is 42.2 Å². The summed E-state index contributed by atoms with van der Waals surface area (Å²) in [5.74, 6) is -0.951. The molecular weight excluding hydrogens is 412 g/mol. The normalized spacial score (nSPS) is 15.1. The lowest BCUT2D eigenvalue weighted by molar-refractivity contribution is -0.115. The minimum atomic E-state index is -1.07. The van der Waals surface area contributed by atoms with E-state index >= 15 is 0 Å². The van der Waals surface area contributed by atoms with Crippen LogP contribution < -0.4 is 16.0 Å². The molecule has 168 valence electrons. The Kier molecular flexibility index (Phi) is 7.55. The third kappa shape index (κ3) is 5.91. The van der Waals surface area contributed by atoms with Crippen molar-refractivity contribution >= 4 is 35.1 Å². The van der Waals surface area contributed by atoms with E-state index in [1.165, 1.54) is 19.6 Å². The van der Waals surface area contributed by atoms with Crippen molar-refractivity contribution in [1.82, 2.24) is 25.6 Å². The molecule has 1 fully saturated rings. The van der Waals surface area contributed by atoms with Gasteiger partial charge in [0, 0.05) is 30.9 Å². The van der Waals surface area contributed by atoms with E-state index in [1.54, 1.807) is 25.4 Å². The van der Waals surface area contributed by atoms with Gasteiger partial charge in [-0.05, 0) is 31.9 Å². The molecule has 1 aliphatic carbocycles. The van der Waals surface area contributed by atoms with E-state index in [2.05, 4.69) is 35.9 Å². The first kappa shape index (κ1) is 22.9. The maximum absolute atomic E-state index is 13.2. The van der Waals surface area contributed by atoms with Crippen LogP contribution in [0.15, 0.2) is 35.8 Å². The van der Waals surface area contributed by atoms with E-state index in [1.807, 2.05) is 6.07 Å². The maximum Gasteiger partial charge on any atom is 0.272 e. The summed E-state index contributed by atoms with van der Waals surface area (Å²) in [5, 5.41) is 25.5. The Hall–Kier alpha value is -3.73. The fourth-order valence-corrected chi connectivity index (χ4v) is 2.90. The van der Waals surface area contributed by atoms with Crippen molar-refractivity contribution in [2.75, 3.05) is 19.0 Å². The molecule has 11 nitrogen and oxygen atoms in total. The third-order valence-electron chi connectivity index (χ3n) is 4.76. The van der Waals surface area contributed by atoms with Crippen molar-refractivity contribution in [2.24, 2.45) is 4.99 Å². The number of hydrogen-bond acceptors (Lipinski definition) is 9. The average Bonchev–Trinajstić information content (AvgIpc) is 3.64. The zero-order valence-corrected chi connectivity index (χ0v) is 17.9. The van der Waals surface area contributed by atoms with Gasteiger partial charge in [0.15, 0.2) is 5.69 Å². The molecule has 2 amide bonds. The summed E-state index contributed by atoms with van der Waals surface area (Å²) >= 11 is 0. The van der Waals surface area contributed by atoms with Gasteiger partial charge in [0.2, 0.25) is 0 Å². The minimum Gasteiger partial charge on any atom is -0.394 e. The summed E-state index contributed by atoms with van der Waals surface area (Å²) in [5.41, 5.74) is 1.56. The van der Waals surface area contributed by atoms with Gasteiger partial charge in [-0.25, -0.2) is 15.0 Å². The molecule has 0 spiro atoms. The van der Waals surface area contributed by atoms with E-state index in [9.17, 15) is 9.59 Å². The summed E-state index contributed by atoms with van der Waals surface area (Å²) in [6.07, 6.45) is 7.87. The van der Waals surface area contributed by atoms with Crippen molar-refractivity contribution in [3.8, 4) is 0 Å². The fourth-order valence-electron chi connectivity index (χ4n) is 2.90. The second-order valence-electron chi connectivity index (χ2n) is 7.49. The number of aliphatic hydroxyl groups is 1. The minimum absolute atomic E-state index is 0.129. The van der Waals surface area contributed by atoms with Gasteiger partial charge in [0.25, 0.3) is 11.8 Å². The molecule has 1 aliphatic rings. The van der Waals surface area contributed by atoms with Crippen molar-refractivity contribution in [3.63, 3.8) is 0 Å². The van der Waals surface area contributed by atoms with Crippen LogP contribution in [0.3, 0.4) is 0 Å². The Bertz CT molecular complexity index is 1010. The molecule has 11 heteroatoms. The number of pyridine rings is 1. The molecule has 2 unspecified atom stereocenters. The van der Waals surface area contributed by atoms with Crippen molar-refractivity contribution < 1.29 is 14.7 Å². The van der Waals surface area contributed by atoms with Gasteiger partial charge in [-0.1, -0.05) is 0 Å². The Labute approximate surface area is 185 Å². The molecular formula is C21H26N8O3. The number of carbonyl (C=O) groups excluding carboxylic acids is 2. The summed E-state index contributed by atoms with van der Waals surface area (Å²) in [7, 11) is 1.48. The number of nitrogens with zero attached hydrogens (tertiary/aromatic N) is 4. The highest BCUT2D eigenvalue weighted by molar-refractivity contribution is 6.43. The largest absolute Gasteiger partial charge is 0.394 e. The number of anilines is 2. The van der Waals surface area contributed by atoms with Gasteiger partial charge in [-0.3, -0.25) is 20.0 Å². The van der Waals surface area contributed by atoms with E-state index in [4.69, 9.17) is 10.5 Å². The second kappa shape index (κ2) is 10.5. The van der Waals surface area contributed by atoms with Crippen LogP contribution in [0.1, 0.15) is 41.9 Å². The number of aromatic nitrogens is 3.